The molecular formula is C9H12N2S. The average Bonchev–Trinajstić information content (AvgIpc) is 2.53. The number of unbranched alkanes of at least 4 members (excludes halogenated alkanes) is 1. The number of thioether (sulfide) groups is 1. The minimum atomic E-state index is 0.647. The van der Waals surface area contributed by atoms with Gasteiger partial charge in [-0.15, -0.1) is 11.8 Å². The van der Waals surface area contributed by atoms with Crippen LogP contribution in [0.2, 0.25) is 0 Å². The Morgan fingerprint density at radius 3 is 3.00 bits per heavy atom. The number of rotatable bonds is 4. The van der Waals surface area contributed by atoms with Gasteiger partial charge in [-0.1, -0.05) is 13.3 Å². The fourth-order valence-electron chi connectivity index (χ4n) is 0.851. The molecule has 0 aromatic carbocycles. The van der Waals surface area contributed by atoms with Gasteiger partial charge in [0.2, 0.25) is 0 Å². The molecule has 1 aromatic rings. The summed E-state index contributed by atoms with van der Waals surface area (Å²) >= 11 is 1.77. The highest BCUT2D eigenvalue weighted by molar-refractivity contribution is 7.99. The standard InChI is InChI=1S/C9H12N2S/c1-2-3-6-12-9-5-4-8(7-10)11-9/h4-5,11H,2-3,6H2,1H3. The molecule has 0 fully saturated rings. The molecule has 2 nitrogen and oxygen atoms in total. The van der Waals surface area contributed by atoms with Crippen LogP contribution in [-0.4, -0.2) is 10.7 Å². The molecule has 1 heterocycles. The summed E-state index contributed by atoms with van der Waals surface area (Å²) < 4.78 is 0. The van der Waals surface area contributed by atoms with E-state index in [0.717, 1.165) is 10.8 Å². The summed E-state index contributed by atoms with van der Waals surface area (Å²) in [7, 11) is 0. The summed E-state index contributed by atoms with van der Waals surface area (Å²) in [5.41, 5.74) is 0.647. The van der Waals surface area contributed by atoms with Gasteiger partial charge in [0.1, 0.15) is 11.8 Å². The zero-order valence-electron chi connectivity index (χ0n) is 7.13. The lowest BCUT2D eigenvalue weighted by molar-refractivity contribution is 0.895. The molecule has 1 aromatic heterocycles. The van der Waals surface area contributed by atoms with Gasteiger partial charge >= 0.3 is 0 Å². The number of hydrogen-bond acceptors (Lipinski definition) is 2. The molecule has 0 bridgehead atoms. The highest BCUT2D eigenvalue weighted by Crippen LogP contribution is 2.17. The molecule has 0 saturated carbocycles. The Kier molecular flexibility index (Phi) is 3.75. The van der Waals surface area contributed by atoms with E-state index >= 15 is 0 Å². The second-order valence-electron chi connectivity index (χ2n) is 2.55. The third-order valence-corrected chi connectivity index (χ3v) is 2.58. The predicted octanol–water partition coefficient (Wildman–Crippen LogP) is 2.78. The summed E-state index contributed by atoms with van der Waals surface area (Å²) in [6, 6.07) is 5.84. The molecule has 3 heteroatoms. The maximum absolute atomic E-state index is 8.53. The van der Waals surface area contributed by atoms with Gasteiger partial charge in [-0.3, -0.25) is 0 Å². The molecule has 0 unspecified atom stereocenters. The molecule has 0 saturated heterocycles. The first kappa shape index (κ1) is 9.21. The molecule has 0 atom stereocenters. The SMILES string of the molecule is CCCCSc1ccc(C#N)[nH]1. The van der Waals surface area contributed by atoms with Crippen molar-refractivity contribution in [1.29, 1.82) is 5.26 Å². The molecule has 0 aliphatic heterocycles. The van der Waals surface area contributed by atoms with Crippen LogP contribution in [0.4, 0.5) is 0 Å². The highest BCUT2D eigenvalue weighted by Gasteiger charge is 1.96. The van der Waals surface area contributed by atoms with E-state index in [1.165, 1.54) is 12.8 Å². The predicted molar refractivity (Wildman–Crippen MR) is 51.1 cm³/mol. The Morgan fingerprint density at radius 1 is 1.58 bits per heavy atom. The Labute approximate surface area is 77.0 Å². The van der Waals surface area contributed by atoms with Crippen molar-refractivity contribution in [3.05, 3.63) is 17.8 Å². The summed E-state index contributed by atoms with van der Waals surface area (Å²) in [6.45, 7) is 2.18. The van der Waals surface area contributed by atoms with Crippen molar-refractivity contribution in [2.75, 3.05) is 5.75 Å². The number of nitrogens with one attached hydrogen (secondary N) is 1. The Hall–Kier alpha value is -0.880. The summed E-state index contributed by atoms with van der Waals surface area (Å²) in [5, 5.41) is 9.63. The number of aromatic amines is 1. The number of aromatic nitrogens is 1. The van der Waals surface area contributed by atoms with Gasteiger partial charge < -0.3 is 4.98 Å². The van der Waals surface area contributed by atoms with Crippen molar-refractivity contribution in [2.45, 2.75) is 24.8 Å². The summed E-state index contributed by atoms with van der Waals surface area (Å²) in [6.07, 6.45) is 2.45. The Balaban J connectivity index is 2.38. The van der Waals surface area contributed by atoms with E-state index in [4.69, 9.17) is 5.26 Å². The van der Waals surface area contributed by atoms with Gasteiger partial charge in [0.15, 0.2) is 0 Å². The molecule has 0 aliphatic carbocycles. The largest absolute Gasteiger partial charge is 0.342 e. The van der Waals surface area contributed by atoms with E-state index in [-0.39, 0.29) is 0 Å². The first-order valence-corrected chi connectivity index (χ1v) is 5.07. The summed E-state index contributed by atoms with van der Waals surface area (Å²) in [4.78, 5) is 3.02. The van der Waals surface area contributed by atoms with Crippen molar-refractivity contribution >= 4 is 11.8 Å². The van der Waals surface area contributed by atoms with E-state index < -0.39 is 0 Å². The molecule has 1 rings (SSSR count). The van der Waals surface area contributed by atoms with E-state index in [1.54, 1.807) is 11.8 Å². The zero-order valence-corrected chi connectivity index (χ0v) is 7.95. The number of H-pyrrole nitrogens is 1. The fraction of sp³-hybridized carbons (Fsp3) is 0.444. The fourth-order valence-corrected chi connectivity index (χ4v) is 1.85. The van der Waals surface area contributed by atoms with Crippen molar-refractivity contribution in [3.63, 3.8) is 0 Å². The molecule has 64 valence electrons. The van der Waals surface area contributed by atoms with Crippen molar-refractivity contribution < 1.29 is 0 Å². The van der Waals surface area contributed by atoms with E-state index in [0.29, 0.717) is 5.69 Å². The maximum Gasteiger partial charge on any atom is 0.118 e. The monoisotopic (exact) mass is 180 g/mol. The van der Waals surface area contributed by atoms with Crippen LogP contribution in [0.5, 0.6) is 0 Å². The first-order chi connectivity index (χ1) is 5.86. The molecular weight excluding hydrogens is 168 g/mol. The van der Waals surface area contributed by atoms with E-state index in [1.807, 2.05) is 12.1 Å². The van der Waals surface area contributed by atoms with E-state index in [9.17, 15) is 0 Å². The normalized spacial score (nSPS) is 9.67. The lowest BCUT2D eigenvalue weighted by Gasteiger charge is -1.94. The van der Waals surface area contributed by atoms with Crippen LogP contribution in [0.1, 0.15) is 25.5 Å². The van der Waals surface area contributed by atoms with Crippen LogP contribution in [0.15, 0.2) is 17.2 Å². The van der Waals surface area contributed by atoms with Crippen LogP contribution in [0.25, 0.3) is 0 Å². The van der Waals surface area contributed by atoms with Gasteiger partial charge in [-0.25, -0.2) is 0 Å². The van der Waals surface area contributed by atoms with Gasteiger partial charge in [-0.2, -0.15) is 5.26 Å². The van der Waals surface area contributed by atoms with Gasteiger partial charge in [0.05, 0.1) is 5.03 Å². The van der Waals surface area contributed by atoms with Crippen LogP contribution in [-0.2, 0) is 0 Å². The van der Waals surface area contributed by atoms with Gasteiger partial charge in [-0.05, 0) is 24.3 Å². The number of nitrogens with zero attached hydrogens (tertiary/aromatic N) is 1. The van der Waals surface area contributed by atoms with Crippen LogP contribution in [0.3, 0.4) is 0 Å². The van der Waals surface area contributed by atoms with Crippen LogP contribution < -0.4 is 0 Å². The topological polar surface area (TPSA) is 39.6 Å². The third-order valence-electron chi connectivity index (χ3n) is 1.54. The van der Waals surface area contributed by atoms with Gasteiger partial charge in [0.25, 0.3) is 0 Å². The van der Waals surface area contributed by atoms with E-state index in [2.05, 4.69) is 18.0 Å². The average molecular weight is 180 g/mol. The summed E-state index contributed by atoms with van der Waals surface area (Å²) in [5.74, 6) is 1.13. The smallest absolute Gasteiger partial charge is 0.118 e. The maximum atomic E-state index is 8.53. The first-order valence-electron chi connectivity index (χ1n) is 4.08. The van der Waals surface area contributed by atoms with Crippen molar-refractivity contribution in [3.8, 4) is 6.07 Å². The van der Waals surface area contributed by atoms with Crippen molar-refractivity contribution in [2.24, 2.45) is 0 Å². The van der Waals surface area contributed by atoms with Crippen LogP contribution >= 0.6 is 11.8 Å². The Morgan fingerprint density at radius 2 is 2.42 bits per heavy atom. The lowest BCUT2D eigenvalue weighted by atomic mass is 10.4. The minimum absolute atomic E-state index is 0.647. The molecule has 0 amide bonds. The van der Waals surface area contributed by atoms with Crippen molar-refractivity contribution in [1.82, 2.24) is 4.98 Å². The lowest BCUT2D eigenvalue weighted by Crippen LogP contribution is -1.78. The molecule has 0 radical (unpaired) electrons. The quantitative estimate of drug-likeness (QED) is 0.571. The van der Waals surface area contributed by atoms with Gasteiger partial charge in [0, 0.05) is 0 Å². The second kappa shape index (κ2) is 4.89. The van der Waals surface area contributed by atoms with Crippen LogP contribution in [0, 0.1) is 11.3 Å². The third kappa shape index (κ3) is 2.63. The highest BCUT2D eigenvalue weighted by atomic mass is 32.2. The Bertz CT molecular complexity index is 272. The molecule has 1 N–H and O–H groups in total. The molecule has 0 spiro atoms. The molecule has 12 heavy (non-hydrogen) atoms. The minimum Gasteiger partial charge on any atom is -0.342 e. The second-order valence-corrected chi connectivity index (χ2v) is 3.69. The molecule has 0 aliphatic rings. The number of hydrogen-bond donors (Lipinski definition) is 1. The zero-order chi connectivity index (χ0) is 8.81. The number of nitriles is 1.